The Morgan fingerprint density at radius 2 is 1.04 bits per heavy atom. The van der Waals surface area contributed by atoms with Gasteiger partial charge in [0.15, 0.2) is 0 Å². The van der Waals surface area contributed by atoms with Crippen LogP contribution in [0.25, 0.3) is 41.7 Å². The van der Waals surface area contributed by atoms with Gasteiger partial charge in [0.1, 0.15) is 0 Å². The van der Waals surface area contributed by atoms with Gasteiger partial charge in [-0.25, -0.2) is 0 Å². The summed E-state index contributed by atoms with van der Waals surface area (Å²) in [5, 5.41) is 8.09. The summed E-state index contributed by atoms with van der Waals surface area (Å²) in [6, 6.07) is 22.6. The molecule has 0 radical (unpaired) electrons. The predicted molar refractivity (Wildman–Crippen MR) is 104 cm³/mol. The van der Waals surface area contributed by atoms with Crippen molar-refractivity contribution >= 4 is 53.1 Å². The molecule has 4 aromatic carbocycles. The molecule has 0 saturated heterocycles. The van der Waals surface area contributed by atoms with Crippen molar-refractivity contribution < 1.29 is 0 Å². The molecule has 0 unspecified atom stereocenters. The Hall–Kier alpha value is -2.38. The average molecular weight is 312 g/mol. The lowest BCUT2D eigenvalue weighted by Gasteiger charge is -2.04. The Morgan fingerprint density at radius 1 is 0.565 bits per heavy atom. The van der Waals surface area contributed by atoms with Crippen molar-refractivity contribution in [3.8, 4) is 0 Å². The van der Waals surface area contributed by atoms with Gasteiger partial charge in [0, 0.05) is 20.2 Å². The molecule has 0 aliphatic heterocycles. The van der Waals surface area contributed by atoms with Crippen molar-refractivity contribution in [2.45, 2.75) is 13.8 Å². The third kappa shape index (κ3) is 1.90. The summed E-state index contributed by atoms with van der Waals surface area (Å²) >= 11 is 1.90. The maximum Gasteiger partial charge on any atom is 0.0361 e. The van der Waals surface area contributed by atoms with Crippen LogP contribution in [0.2, 0.25) is 0 Å². The third-order valence-electron chi connectivity index (χ3n) is 4.91. The van der Waals surface area contributed by atoms with E-state index in [1.54, 1.807) is 0 Å². The molecule has 0 fully saturated rings. The Morgan fingerprint density at radius 3 is 1.70 bits per heavy atom. The van der Waals surface area contributed by atoms with Crippen molar-refractivity contribution in [1.29, 1.82) is 0 Å². The summed E-state index contributed by atoms with van der Waals surface area (Å²) in [4.78, 5) is 0. The number of fused-ring (bicyclic) bond motifs is 5. The van der Waals surface area contributed by atoms with Gasteiger partial charge in [-0.05, 0) is 70.8 Å². The molecule has 0 bridgehead atoms. The number of rotatable bonds is 0. The molecule has 110 valence electrons. The average Bonchev–Trinajstić information content (AvgIpc) is 2.88. The largest absolute Gasteiger partial charge is 0.135 e. The van der Waals surface area contributed by atoms with E-state index in [-0.39, 0.29) is 0 Å². The zero-order valence-electron chi connectivity index (χ0n) is 13.2. The van der Waals surface area contributed by atoms with E-state index in [9.17, 15) is 0 Å². The van der Waals surface area contributed by atoms with E-state index in [0.29, 0.717) is 0 Å². The first-order valence-corrected chi connectivity index (χ1v) is 8.77. The lowest BCUT2D eigenvalue weighted by Crippen LogP contribution is -1.81. The molecule has 5 rings (SSSR count). The Balaban J connectivity index is 1.96. The minimum atomic E-state index is 1.32. The number of benzene rings is 4. The molecule has 1 heteroatoms. The topological polar surface area (TPSA) is 0 Å². The van der Waals surface area contributed by atoms with Gasteiger partial charge in [-0.3, -0.25) is 0 Å². The normalized spacial score (nSPS) is 11.9. The first-order chi connectivity index (χ1) is 11.2. The van der Waals surface area contributed by atoms with Crippen LogP contribution in [0.5, 0.6) is 0 Å². The van der Waals surface area contributed by atoms with Crippen molar-refractivity contribution in [3.63, 3.8) is 0 Å². The van der Waals surface area contributed by atoms with Crippen LogP contribution >= 0.6 is 11.3 Å². The summed E-state index contributed by atoms with van der Waals surface area (Å²) in [5.41, 5.74) is 2.73. The summed E-state index contributed by atoms with van der Waals surface area (Å²) in [6.45, 7) is 4.38. The van der Waals surface area contributed by atoms with Gasteiger partial charge in [0.05, 0.1) is 0 Å². The zero-order chi connectivity index (χ0) is 15.6. The highest BCUT2D eigenvalue weighted by Crippen LogP contribution is 2.38. The van der Waals surface area contributed by atoms with Crippen molar-refractivity contribution in [2.24, 2.45) is 0 Å². The van der Waals surface area contributed by atoms with E-state index in [0.717, 1.165) is 0 Å². The van der Waals surface area contributed by atoms with Crippen LogP contribution in [0.15, 0.2) is 60.7 Å². The maximum absolute atomic E-state index is 2.37. The molecule has 0 nitrogen and oxygen atoms in total. The predicted octanol–water partition coefficient (Wildman–Crippen LogP) is 6.98. The van der Waals surface area contributed by atoms with Gasteiger partial charge in [0.2, 0.25) is 0 Å². The molecule has 23 heavy (non-hydrogen) atoms. The zero-order valence-corrected chi connectivity index (χ0v) is 14.0. The second kappa shape index (κ2) is 4.56. The van der Waals surface area contributed by atoms with E-state index >= 15 is 0 Å². The highest BCUT2D eigenvalue weighted by molar-refractivity contribution is 7.26. The number of hydrogen-bond donors (Lipinski definition) is 0. The maximum atomic E-state index is 2.37. The van der Waals surface area contributed by atoms with E-state index in [1.807, 2.05) is 11.3 Å². The Bertz CT molecular complexity index is 1220. The quantitative estimate of drug-likeness (QED) is 0.289. The fourth-order valence-corrected chi connectivity index (χ4v) is 4.65. The molecular weight excluding hydrogens is 296 g/mol. The van der Waals surface area contributed by atoms with Gasteiger partial charge in [-0.15, -0.1) is 11.3 Å². The van der Waals surface area contributed by atoms with Gasteiger partial charge < -0.3 is 0 Å². The molecule has 0 amide bonds. The standard InChI is InChI=1S/C22H16S/c1-13-7-17-10-20-19-9-15-5-3-4-6-16(15)11-21(19)23-22(20)12-18(17)8-14(13)2/h3-12H,1-2H3. The van der Waals surface area contributed by atoms with Crippen LogP contribution in [0.3, 0.4) is 0 Å². The molecule has 0 aliphatic carbocycles. The summed E-state index contributed by atoms with van der Waals surface area (Å²) in [6.07, 6.45) is 0. The molecule has 1 aromatic heterocycles. The fraction of sp³-hybridized carbons (Fsp3) is 0.0909. The lowest BCUT2D eigenvalue weighted by atomic mass is 10.00. The summed E-state index contributed by atoms with van der Waals surface area (Å²) in [5.74, 6) is 0. The second-order valence-electron chi connectivity index (χ2n) is 6.43. The molecule has 1 heterocycles. The smallest absolute Gasteiger partial charge is 0.0361 e. The van der Waals surface area contributed by atoms with E-state index < -0.39 is 0 Å². The number of hydrogen-bond acceptors (Lipinski definition) is 1. The summed E-state index contributed by atoms with van der Waals surface area (Å²) in [7, 11) is 0. The van der Waals surface area contributed by atoms with Gasteiger partial charge in [0.25, 0.3) is 0 Å². The van der Waals surface area contributed by atoms with Crippen molar-refractivity contribution in [3.05, 3.63) is 71.8 Å². The molecule has 5 aromatic rings. The van der Waals surface area contributed by atoms with Gasteiger partial charge in [-0.1, -0.05) is 36.4 Å². The van der Waals surface area contributed by atoms with Crippen LogP contribution in [-0.4, -0.2) is 0 Å². The number of thiophene rings is 1. The van der Waals surface area contributed by atoms with Crippen molar-refractivity contribution in [2.75, 3.05) is 0 Å². The van der Waals surface area contributed by atoms with Crippen LogP contribution in [0.4, 0.5) is 0 Å². The van der Waals surface area contributed by atoms with Crippen molar-refractivity contribution in [1.82, 2.24) is 0 Å². The molecular formula is C22H16S. The minimum absolute atomic E-state index is 1.32. The lowest BCUT2D eigenvalue weighted by molar-refractivity contribution is 1.37. The van der Waals surface area contributed by atoms with Crippen LogP contribution in [0.1, 0.15) is 11.1 Å². The molecule has 0 aliphatic rings. The first-order valence-electron chi connectivity index (χ1n) is 7.95. The highest BCUT2D eigenvalue weighted by Gasteiger charge is 2.09. The molecule has 0 atom stereocenters. The second-order valence-corrected chi connectivity index (χ2v) is 7.51. The van der Waals surface area contributed by atoms with E-state index in [2.05, 4.69) is 74.5 Å². The molecule has 0 spiro atoms. The highest BCUT2D eigenvalue weighted by atomic mass is 32.1. The summed E-state index contributed by atoms with van der Waals surface area (Å²) < 4.78 is 2.76. The van der Waals surface area contributed by atoms with Crippen LogP contribution in [-0.2, 0) is 0 Å². The Labute approximate surface area is 139 Å². The monoisotopic (exact) mass is 312 g/mol. The van der Waals surface area contributed by atoms with Gasteiger partial charge >= 0.3 is 0 Å². The minimum Gasteiger partial charge on any atom is -0.135 e. The van der Waals surface area contributed by atoms with E-state index in [4.69, 9.17) is 0 Å². The molecule has 0 N–H and O–H groups in total. The Kier molecular flexibility index (Phi) is 2.60. The molecule has 0 saturated carbocycles. The SMILES string of the molecule is Cc1cc2cc3sc4cc5ccccc5cc4c3cc2cc1C. The van der Waals surface area contributed by atoms with Crippen LogP contribution < -0.4 is 0 Å². The third-order valence-corrected chi connectivity index (χ3v) is 6.02. The first kappa shape index (κ1) is 13.1. The van der Waals surface area contributed by atoms with E-state index in [1.165, 1.54) is 52.8 Å². The number of aryl methyl sites for hydroxylation is 2. The van der Waals surface area contributed by atoms with Crippen LogP contribution in [0, 0.1) is 13.8 Å². The van der Waals surface area contributed by atoms with Gasteiger partial charge in [-0.2, -0.15) is 0 Å². The fourth-order valence-electron chi connectivity index (χ4n) is 3.48.